The van der Waals surface area contributed by atoms with Crippen molar-refractivity contribution in [2.24, 2.45) is 5.92 Å². The Labute approximate surface area is 97.9 Å². The average molecular weight is 219 g/mol. The Hall–Kier alpha value is -1.02. The Morgan fingerprint density at radius 3 is 2.62 bits per heavy atom. The van der Waals surface area contributed by atoms with Crippen LogP contribution < -0.4 is 4.90 Å². The molecule has 1 N–H and O–H groups in total. The third-order valence-corrected chi connectivity index (χ3v) is 3.53. The molecule has 0 unspecified atom stereocenters. The lowest BCUT2D eigenvalue weighted by molar-refractivity contribution is 0.281. The summed E-state index contributed by atoms with van der Waals surface area (Å²) in [4.78, 5) is 2.41. The molecule has 0 amide bonds. The summed E-state index contributed by atoms with van der Waals surface area (Å²) in [5.74, 6) is 0.847. The molecule has 2 nitrogen and oxygen atoms in total. The molecular formula is C14H21NO. The van der Waals surface area contributed by atoms with Crippen molar-refractivity contribution in [1.29, 1.82) is 0 Å². The predicted molar refractivity (Wildman–Crippen MR) is 67.7 cm³/mol. The van der Waals surface area contributed by atoms with Crippen LogP contribution in [-0.2, 0) is 6.61 Å². The first-order valence-corrected chi connectivity index (χ1v) is 6.16. The molecule has 1 aliphatic heterocycles. The van der Waals surface area contributed by atoms with Gasteiger partial charge in [0.1, 0.15) is 0 Å². The monoisotopic (exact) mass is 219 g/mol. The van der Waals surface area contributed by atoms with Crippen LogP contribution in [0.3, 0.4) is 0 Å². The van der Waals surface area contributed by atoms with Crippen molar-refractivity contribution < 1.29 is 5.11 Å². The molecule has 0 aromatic heterocycles. The molecule has 1 fully saturated rings. The Bertz CT molecular complexity index is 354. The van der Waals surface area contributed by atoms with Crippen molar-refractivity contribution in [3.8, 4) is 0 Å². The largest absolute Gasteiger partial charge is 0.392 e. The zero-order chi connectivity index (χ0) is 11.5. The first-order valence-electron chi connectivity index (χ1n) is 6.16. The minimum absolute atomic E-state index is 0.142. The number of anilines is 1. The highest BCUT2D eigenvalue weighted by atomic mass is 16.3. The van der Waals surface area contributed by atoms with Crippen molar-refractivity contribution in [3.05, 3.63) is 29.3 Å². The van der Waals surface area contributed by atoms with Gasteiger partial charge in [0.2, 0.25) is 0 Å². The topological polar surface area (TPSA) is 23.5 Å². The molecule has 0 radical (unpaired) electrons. The number of piperidine rings is 1. The minimum atomic E-state index is 0.142. The first-order chi connectivity index (χ1) is 7.70. The van der Waals surface area contributed by atoms with Gasteiger partial charge in [0.05, 0.1) is 6.61 Å². The highest BCUT2D eigenvalue weighted by molar-refractivity contribution is 5.55. The molecule has 0 saturated carbocycles. The second-order valence-electron chi connectivity index (χ2n) is 4.96. The van der Waals surface area contributed by atoms with Crippen LogP contribution in [0.5, 0.6) is 0 Å². The van der Waals surface area contributed by atoms with Crippen LogP contribution >= 0.6 is 0 Å². The van der Waals surface area contributed by atoms with Gasteiger partial charge in [-0.05, 0) is 31.7 Å². The second-order valence-corrected chi connectivity index (χ2v) is 4.96. The van der Waals surface area contributed by atoms with Gasteiger partial charge >= 0.3 is 0 Å². The average Bonchev–Trinajstić information content (AvgIpc) is 2.30. The van der Waals surface area contributed by atoms with Crippen LogP contribution in [0.25, 0.3) is 0 Å². The first kappa shape index (κ1) is 11.5. The third kappa shape index (κ3) is 2.38. The molecule has 1 saturated heterocycles. The van der Waals surface area contributed by atoms with E-state index >= 15 is 0 Å². The highest BCUT2D eigenvalue weighted by Crippen LogP contribution is 2.27. The summed E-state index contributed by atoms with van der Waals surface area (Å²) in [5.41, 5.74) is 3.51. The third-order valence-electron chi connectivity index (χ3n) is 3.53. The second kappa shape index (κ2) is 4.88. The van der Waals surface area contributed by atoms with Crippen molar-refractivity contribution >= 4 is 5.69 Å². The Morgan fingerprint density at radius 1 is 1.31 bits per heavy atom. The van der Waals surface area contributed by atoms with E-state index in [4.69, 9.17) is 0 Å². The van der Waals surface area contributed by atoms with Gasteiger partial charge in [-0.25, -0.2) is 0 Å². The molecule has 0 spiro atoms. The standard InChI is InChI=1S/C14H21NO/c1-11-5-7-15(8-6-11)14-4-3-12(2)9-13(14)10-16/h3-4,9,11,16H,5-8,10H2,1-2H3. The van der Waals surface area contributed by atoms with Crippen LogP contribution in [0.4, 0.5) is 5.69 Å². The van der Waals surface area contributed by atoms with Crippen LogP contribution in [0.15, 0.2) is 18.2 Å². The maximum Gasteiger partial charge on any atom is 0.0702 e. The molecular weight excluding hydrogens is 198 g/mol. The molecule has 0 atom stereocenters. The maximum absolute atomic E-state index is 9.40. The van der Waals surface area contributed by atoms with Gasteiger partial charge in [-0.2, -0.15) is 0 Å². The van der Waals surface area contributed by atoms with Crippen LogP contribution in [0, 0.1) is 12.8 Å². The molecule has 2 heteroatoms. The summed E-state index contributed by atoms with van der Waals surface area (Å²) in [7, 11) is 0. The highest BCUT2D eigenvalue weighted by Gasteiger charge is 2.17. The fraction of sp³-hybridized carbons (Fsp3) is 0.571. The summed E-state index contributed by atoms with van der Waals surface area (Å²) in [6.45, 7) is 6.78. The zero-order valence-electron chi connectivity index (χ0n) is 10.2. The van der Waals surface area contributed by atoms with E-state index in [-0.39, 0.29) is 6.61 Å². The van der Waals surface area contributed by atoms with Crippen molar-refractivity contribution in [2.75, 3.05) is 18.0 Å². The number of hydrogen-bond donors (Lipinski definition) is 1. The Balaban J connectivity index is 2.19. The van der Waals surface area contributed by atoms with Crippen molar-refractivity contribution in [2.45, 2.75) is 33.3 Å². The fourth-order valence-electron chi connectivity index (χ4n) is 2.40. The smallest absolute Gasteiger partial charge is 0.0702 e. The lowest BCUT2D eigenvalue weighted by atomic mass is 9.98. The molecule has 16 heavy (non-hydrogen) atoms. The quantitative estimate of drug-likeness (QED) is 0.826. The van der Waals surface area contributed by atoms with Crippen molar-refractivity contribution in [1.82, 2.24) is 0 Å². The summed E-state index contributed by atoms with van der Waals surface area (Å²) in [6, 6.07) is 6.37. The SMILES string of the molecule is Cc1ccc(N2CCC(C)CC2)c(CO)c1. The lowest BCUT2D eigenvalue weighted by Gasteiger charge is -2.33. The van der Waals surface area contributed by atoms with Gasteiger partial charge in [-0.15, -0.1) is 0 Å². The number of aliphatic hydroxyl groups excluding tert-OH is 1. The fourth-order valence-corrected chi connectivity index (χ4v) is 2.40. The van der Waals surface area contributed by atoms with Gasteiger partial charge in [-0.3, -0.25) is 0 Å². The normalized spacial score (nSPS) is 17.8. The predicted octanol–water partition coefficient (Wildman–Crippen LogP) is 2.72. The summed E-state index contributed by atoms with van der Waals surface area (Å²) in [6.07, 6.45) is 2.53. The summed E-state index contributed by atoms with van der Waals surface area (Å²) < 4.78 is 0. The van der Waals surface area contributed by atoms with Crippen LogP contribution in [0.1, 0.15) is 30.9 Å². The number of aryl methyl sites for hydroxylation is 1. The number of rotatable bonds is 2. The van der Waals surface area contributed by atoms with E-state index in [2.05, 4.69) is 36.9 Å². The molecule has 1 aliphatic rings. The van der Waals surface area contributed by atoms with Gasteiger partial charge in [0, 0.05) is 24.3 Å². The molecule has 1 heterocycles. The number of aliphatic hydroxyl groups is 1. The number of hydrogen-bond acceptors (Lipinski definition) is 2. The van der Waals surface area contributed by atoms with Gasteiger partial charge in [0.15, 0.2) is 0 Å². The van der Waals surface area contributed by atoms with E-state index in [1.807, 2.05) is 0 Å². The zero-order valence-corrected chi connectivity index (χ0v) is 10.2. The summed E-state index contributed by atoms with van der Waals surface area (Å²) in [5, 5.41) is 9.40. The van der Waals surface area contributed by atoms with Gasteiger partial charge in [0.25, 0.3) is 0 Å². The molecule has 0 bridgehead atoms. The van der Waals surface area contributed by atoms with Crippen molar-refractivity contribution in [3.63, 3.8) is 0 Å². The van der Waals surface area contributed by atoms with E-state index in [0.29, 0.717) is 0 Å². The molecule has 0 aliphatic carbocycles. The van der Waals surface area contributed by atoms with E-state index in [0.717, 1.165) is 24.6 Å². The number of nitrogens with zero attached hydrogens (tertiary/aromatic N) is 1. The minimum Gasteiger partial charge on any atom is -0.392 e. The van der Waals surface area contributed by atoms with E-state index in [9.17, 15) is 5.11 Å². The Morgan fingerprint density at radius 2 is 2.00 bits per heavy atom. The molecule has 88 valence electrons. The summed E-state index contributed by atoms with van der Waals surface area (Å²) >= 11 is 0. The lowest BCUT2D eigenvalue weighted by Crippen LogP contribution is -2.33. The molecule has 1 aromatic rings. The van der Waals surface area contributed by atoms with E-state index < -0.39 is 0 Å². The molecule has 1 aromatic carbocycles. The van der Waals surface area contributed by atoms with E-state index in [1.54, 1.807) is 0 Å². The van der Waals surface area contributed by atoms with Crippen LogP contribution in [0.2, 0.25) is 0 Å². The Kier molecular flexibility index (Phi) is 3.49. The van der Waals surface area contributed by atoms with Gasteiger partial charge < -0.3 is 10.0 Å². The van der Waals surface area contributed by atoms with Gasteiger partial charge in [-0.1, -0.05) is 24.6 Å². The van der Waals surface area contributed by atoms with Crippen LogP contribution in [-0.4, -0.2) is 18.2 Å². The molecule has 2 rings (SSSR count). The maximum atomic E-state index is 9.40. The number of benzene rings is 1. The van der Waals surface area contributed by atoms with E-state index in [1.165, 1.54) is 24.1 Å².